The molecule has 0 N–H and O–H groups in total. The van der Waals surface area contributed by atoms with Gasteiger partial charge in [-0.25, -0.2) is 0 Å². The minimum absolute atomic E-state index is 0.189. The van der Waals surface area contributed by atoms with Gasteiger partial charge in [0, 0.05) is 16.1 Å². The molecule has 3 aromatic carbocycles. The highest BCUT2D eigenvalue weighted by molar-refractivity contribution is 6.35. The minimum Gasteiger partial charge on any atom is -0.489 e. The van der Waals surface area contributed by atoms with Crippen molar-refractivity contribution in [3.05, 3.63) is 99.2 Å². The van der Waals surface area contributed by atoms with Crippen molar-refractivity contribution in [2.75, 3.05) is 0 Å². The van der Waals surface area contributed by atoms with Crippen molar-refractivity contribution in [3.63, 3.8) is 0 Å². The van der Waals surface area contributed by atoms with Crippen LogP contribution in [0.5, 0.6) is 11.5 Å². The molecule has 1 heterocycles. The third-order valence-electron chi connectivity index (χ3n) is 4.14. The molecule has 0 saturated heterocycles. The van der Waals surface area contributed by atoms with Crippen LogP contribution in [0.4, 0.5) is 0 Å². The van der Waals surface area contributed by atoms with Crippen molar-refractivity contribution < 1.29 is 14.3 Å². The monoisotopic (exact) mass is 396 g/mol. The Hall–Kier alpha value is -2.75. The SMILES string of the molecule is O=C1C(=Cc2ccc(Cl)cc2Cl)Oc2cc(OCc3ccccc3)ccc21. The number of ketones is 1. The average molecular weight is 397 g/mol. The van der Waals surface area contributed by atoms with Crippen molar-refractivity contribution in [2.24, 2.45) is 0 Å². The van der Waals surface area contributed by atoms with E-state index in [0.717, 1.165) is 5.56 Å². The Bertz CT molecular complexity index is 1040. The van der Waals surface area contributed by atoms with E-state index >= 15 is 0 Å². The number of Topliss-reactive ketones (excluding diaryl/α,β-unsaturated/α-hetero) is 1. The quantitative estimate of drug-likeness (QED) is 0.493. The number of fused-ring (bicyclic) bond motifs is 1. The molecule has 1 aliphatic heterocycles. The van der Waals surface area contributed by atoms with E-state index in [9.17, 15) is 4.79 Å². The lowest BCUT2D eigenvalue weighted by Gasteiger charge is -2.07. The van der Waals surface area contributed by atoms with Crippen molar-refractivity contribution in [1.82, 2.24) is 0 Å². The Kier molecular flexibility index (Phi) is 4.88. The van der Waals surface area contributed by atoms with Gasteiger partial charge < -0.3 is 9.47 Å². The fraction of sp³-hybridized carbons (Fsp3) is 0.0455. The summed E-state index contributed by atoms with van der Waals surface area (Å²) in [6.07, 6.45) is 1.62. The van der Waals surface area contributed by atoms with Gasteiger partial charge in [0.15, 0.2) is 5.76 Å². The van der Waals surface area contributed by atoms with E-state index in [0.29, 0.717) is 39.3 Å². The average Bonchev–Trinajstić information content (AvgIpc) is 2.98. The number of carbonyl (C=O) groups is 1. The second-order valence-electron chi connectivity index (χ2n) is 6.04. The van der Waals surface area contributed by atoms with Crippen LogP contribution in [-0.2, 0) is 6.61 Å². The van der Waals surface area contributed by atoms with Crippen LogP contribution in [0.1, 0.15) is 21.5 Å². The molecule has 0 unspecified atom stereocenters. The van der Waals surface area contributed by atoms with Crippen molar-refractivity contribution in [1.29, 1.82) is 0 Å². The van der Waals surface area contributed by atoms with Crippen molar-refractivity contribution in [2.45, 2.75) is 6.61 Å². The van der Waals surface area contributed by atoms with E-state index in [1.54, 1.807) is 42.5 Å². The van der Waals surface area contributed by atoms with Gasteiger partial charge >= 0.3 is 0 Å². The van der Waals surface area contributed by atoms with Crippen molar-refractivity contribution >= 4 is 35.1 Å². The number of rotatable bonds is 4. The zero-order valence-corrected chi connectivity index (χ0v) is 15.6. The Morgan fingerprint density at radius 3 is 2.56 bits per heavy atom. The summed E-state index contributed by atoms with van der Waals surface area (Å²) >= 11 is 12.1. The van der Waals surface area contributed by atoms with E-state index in [1.165, 1.54) is 0 Å². The number of carbonyl (C=O) groups excluding carboxylic acids is 1. The Labute approximate surface area is 166 Å². The molecular weight excluding hydrogens is 383 g/mol. The zero-order valence-electron chi connectivity index (χ0n) is 14.1. The van der Waals surface area contributed by atoms with Crippen LogP contribution in [0.2, 0.25) is 10.0 Å². The first-order chi connectivity index (χ1) is 13.1. The first kappa shape index (κ1) is 17.7. The Morgan fingerprint density at radius 1 is 0.963 bits per heavy atom. The van der Waals surface area contributed by atoms with Crippen LogP contribution in [0.3, 0.4) is 0 Å². The first-order valence-corrected chi connectivity index (χ1v) is 9.06. The van der Waals surface area contributed by atoms with Gasteiger partial charge in [0.2, 0.25) is 5.78 Å². The highest BCUT2D eigenvalue weighted by Gasteiger charge is 2.28. The van der Waals surface area contributed by atoms with Gasteiger partial charge in [-0.15, -0.1) is 0 Å². The maximum absolute atomic E-state index is 12.6. The molecule has 0 radical (unpaired) electrons. The molecule has 27 heavy (non-hydrogen) atoms. The standard InChI is InChI=1S/C22H14Cl2O3/c23-16-7-6-15(19(24)11-16)10-21-22(25)18-9-8-17(12-20(18)27-21)26-13-14-4-2-1-3-5-14/h1-12H,13H2. The largest absolute Gasteiger partial charge is 0.489 e. The molecule has 3 nitrogen and oxygen atoms in total. The van der Waals surface area contributed by atoms with Gasteiger partial charge in [0.1, 0.15) is 18.1 Å². The normalized spacial score (nSPS) is 14.1. The molecule has 3 aromatic rings. The van der Waals surface area contributed by atoms with Crippen LogP contribution in [0.25, 0.3) is 6.08 Å². The fourth-order valence-corrected chi connectivity index (χ4v) is 3.22. The maximum atomic E-state index is 12.6. The lowest BCUT2D eigenvalue weighted by atomic mass is 10.1. The Morgan fingerprint density at radius 2 is 1.78 bits per heavy atom. The molecule has 1 aliphatic rings. The third-order valence-corrected chi connectivity index (χ3v) is 4.70. The molecule has 0 bridgehead atoms. The first-order valence-electron chi connectivity index (χ1n) is 8.30. The highest BCUT2D eigenvalue weighted by atomic mass is 35.5. The van der Waals surface area contributed by atoms with Crippen molar-refractivity contribution in [3.8, 4) is 11.5 Å². The minimum atomic E-state index is -0.189. The summed E-state index contributed by atoms with van der Waals surface area (Å²) in [5.74, 6) is 1.14. The van der Waals surface area contributed by atoms with Gasteiger partial charge in [-0.05, 0) is 41.5 Å². The van der Waals surface area contributed by atoms with Crippen LogP contribution in [0, 0.1) is 0 Å². The zero-order chi connectivity index (χ0) is 18.8. The summed E-state index contributed by atoms with van der Waals surface area (Å²) in [4.78, 5) is 12.6. The predicted octanol–water partition coefficient (Wildman–Crippen LogP) is 6.19. The molecule has 0 amide bonds. The molecule has 134 valence electrons. The lowest BCUT2D eigenvalue weighted by molar-refractivity contribution is 0.101. The summed E-state index contributed by atoms with van der Waals surface area (Å²) in [5, 5.41) is 0.985. The van der Waals surface area contributed by atoms with E-state index in [1.807, 2.05) is 30.3 Å². The number of hydrogen-bond acceptors (Lipinski definition) is 3. The maximum Gasteiger partial charge on any atom is 0.231 e. The Balaban J connectivity index is 1.54. The number of halogens is 2. The fourth-order valence-electron chi connectivity index (χ4n) is 2.76. The van der Waals surface area contributed by atoms with Gasteiger partial charge in [0.05, 0.1) is 5.56 Å². The van der Waals surface area contributed by atoms with Gasteiger partial charge in [-0.3, -0.25) is 4.79 Å². The second kappa shape index (κ2) is 7.47. The second-order valence-corrected chi connectivity index (χ2v) is 6.88. The molecule has 0 aromatic heterocycles. The van der Waals surface area contributed by atoms with E-state index in [4.69, 9.17) is 32.7 Å². The molecule has 0 spiro atoms. The van der Waals surface area contributed by atoms with Crippen LogP contribution in [-0.4, -0.2) is 5.78 Å². The predicted molar refractivity (Wildman–Crippen MR) is 107 cm³/mol. The number of hydrogen-bond donors (Lipinski definition) is 0. The van der Waals surface area contributed by atoms with E-state index < -0.39 is 0 Å². The van der Waals surface area contributed by atoms with Crippen LogP contribution in [0.15, 0.2) is 72.5 Å². The lowest BCUT2D eigenvalue weighted by Crippen LogP contribution is -1.98. The van der Waals surface area contributed by atoms with E-state index in [-0.39, 0.29) is 11.5 Å². The topological polar surface area (TPSA) is 35.5 Å². The molecular formula is C22H14Cl2O3. The molecule has 0 saturated carbocycles. The summed E-state index contributed by atoms with van der Waals surface area (Å²) in [6, 6.07) is 20.1. The number of ether oxygens (including phenoxy) is 2. The summed E-state index contributed by atoms with van der Waals surface area (Å²) in [5.41, 5.74) is 2.23. The van der Waals surface area contributed by atoms with Gasteiger partial charge in [-0.1, -0.05) is 59.6 Å². The summed E-state index contributed by atoms with van der Waals surface area (Å²) in [7, 11) is 0. The molecule has 4 rings (SSSR count). The van der Waals surface area contributed by atoms with Gasteiger partial charge in [-0.2, -0.15) is 0 Å². The molecule has 0 atom stereocenters. The summed E-state index contributed by atoms with van der Waals surface area (Å²) < 4.78 is 11.5. The molecule has 0 fully saturated rings. The van der Waals surface area contributed by atoms with E-state index in [2.05, 4.69) is 0 Å². The third kappa shape index (κ3) is 3.85. The molecule has 5 heteroatoms. The molecule has 0 aliphatic carbocycles. The number of benzene rings is 3. The highest BCUT2D eigenvalue weighted by Crippen LogP contribution is 2.36. The van der Waals surface area contributed by atoms with Crippen LogP contribution >= 0.6 is 23.2 Å². The van der Waals surface area contributed by atoms with Gasteiger partial charge in [0.25, 0.3) is 0 Å². The summed E-state index contributed by atoms with van der Waals surface area (Å²) in [6.45, 7) is 0.441. The number of allylic oxidation sites excluding steroid dienone is 1. The van der Waals surface area contributed by atoms with Crippen LogP contribution < -0.4 is 9.47 Å². The smallest absolute Gasteiger partial charge is 0.231 e.